The molecule has 0 aliphatic heterocycles. The number of aliphatic hydroxyl groups is 5. The molecule has 0 aromatic rings. The molecule has 0 aromatic heterocycles. The summed E-state index contributed by atoms with van der Waals surface area (Å²) in [5.74, 6) is 0. The van der Waals surface area contributed by atoms with Crippen molar-refractivity contribution in [2.24, 2.45) is 0 Å². The summed E-state index contributed by atoms with van der Waals surface area (Å²) in [7, 11) is 1.56. The highest BCUT2D eigenvalue weighted by Gasteiger charge is 2.19. The number of methoxy groups -OCH3 is 1. The van der Waals surface area contributed by atoms with Crippen LogP contribution in [0.1, 0.15) is 40.0 Å². The van der Waals surface area contributed by atoms with E-state index in [0.29, 0.717) is 32.5 Å². The maximum Gasteiger partial charge on any atom is 0.104 e. The molecule has 13 nitrogen and oxygen atoms in total. The second-order valence-electron chi connectivity index (χ2n) is 10.1. The van der Waals surface area contributed by atoms with E-state index >= 15 is 0 Å². The van der Waals surface area contributed by atoms with Gasteiger partial charge in [-0.05, 0) is 19.3 Å². The van der Waals surface area contributed by atoms with Crippen LogP contribution in [0.15, 0.2) is 0 Å². The molecule has 0 aliphatic carbocycles. The molecule has 42 heavy (non-hydrogen) atoms. The summed E-state index contributed by atoms with van der Waals surface area (Å²) >= 11 is 3.50. The Morgan fingerprint density at radius 3 is 1.21 bits per heavy atom. The van der Waals surface area contributed by atoms with Gasteiger partial charge in [-0.3, -0.25) is 0 Å². The fourth-order valence-corrected chi connectivity index (χ4v) is 3.51. The molecule has 0 radical (unpaired) electrons. The van der Waals surface area contributed by atoms with Crippen LogP contribution in [-0.4, -0.2) is 166 Å². The first-order valence-corrected chi connectivity index (χ1v) is 15.7. The van der Waals surface area contributed by atoms with Crippen molar-refractivity contribution < 1.29 is 63.4 Å². The summed E-state index contributed by atoms with van der Waals surface area (Å²) in [6.07, 6.45) is -2.71. The summed E-state index contributed by atoms with van der Waals surface area (Å²) < 4.78 is 44.5. The second-order valence-corrected chi connectivity index (χ2v) is 11.4. The Labute approximate surface area is 259 Å². The number of halogens is 1. The maximum absolute atomic E-state index is 10.2. The van der Waals surface area contributed by atoms with Crippen LogP contribution in [0.25, 0.3) is 0 Å². The Kier molecular flexibility index (Phi) is 28.4. The molecule has 0 rings (SSSR count). The number of hydrogen-bond donors (Lipinski definition) is 5. The van der Waals surface area contributed by atoms with Crippen LogP contribution < -0.4 is 0 Å². The third kappa shape index (κ3) is 25.3. The molecule has 8 atom stereocenters. The van der Waals surface area contributed by atoms with Crippen molar-refractivity contribution in [2.45, 2.75) is 87.6 Å². The van der Waals surface area contributed by atoms with Crippen LogP contribution in [0, 0.1) is 0 Å². The number of ether oxygens (including phenoxy) is 8. The summed E-state index contributed by atoms with van der Waals surface area (Å²) in [5, 5.41) is 49.1. The van der Waals surface area contributed by atoms with Gasteiger partial charge in [0.2, 0.25) is 0 Å². The number of aliphatic hydroxyl groups excluding tert-OH is 5. The van der Waals surface area contributed by atoms with Gasteiger partial charge in [-0.1, -0.05) is 36.7 Å². The highest BCUT2D eigenvalue weighted by Crippen LogP contribution is 2.07. The molecule has 0 aromatic carbocycles. The van der Waals surface area contributed by atoms with Crippen molar-refractivity contribution in [1.82, 2.24) is 0 Å². The lowest BCUT2D eigenvalue weighted by atomic mass is 10.3. The standard InChI is InChI=1S/C28H57BrO13/c1-5-22(30)10-36-8-21(29)9-37-18-27(17-35-4)42-20-28(41-16-26(34)15-39-12-24(32)7-3)19-40-14-25(33)13-38-11-23(31)6-2/h21-28,30-34H,5-20H2,1-4H3. The lowest BCUT2D eigenvalue weighted by Crippen LogP contribution is -2.36. The van der Waals surface area contributed by atoms with E-state index < -0.39 is 42.7 Å². The number of rotatable bonds is 31. The van der Waals surface area contributed by atoms with Gasteiger partial charge in [0.25, 0.3) is 0 Å². The first kappa shape index (κ1) is 42.0. The topological polar surface area (TPSA) is 175 Å². The summed E-state index contributed by atoms with van der Waals surface area (Å²) in [6, 6.07) is 0. The van der Waals surface area contributed by atoms with Crippen LogP contribution in [0.5, 0.6) is 0 Å². The Morgan fingerprint density at radius 2 is 0.762 bits per heavy atom. The first-order valence-electron chi connectivity index (χ1n) is 14.8. The highest BCUT2D eigenvalue weighted by molar-refractivity contribution is 9.09. The van der Waals surface area contributed by atoms with Gasteiger partial charge in [-0.25, -0.2) is 0 Å². The third-order valence-electron chi connectivity index (χ3n) is 5.87. The minimum Gasteiger partial charge on any atom is -0.391 e. The van der Waals surface area contributed by atoms with Crippen LogP contribution >= 0.6 is 15.9 Å². The van der Waals surface area contributed by atoms with Gasteiger partial charge >= 0.3 is 0 Å². The molecular formula is C28H57BrO13. The predicted octanol–water partition coefficient (Wildman–Crippen LogP) is 0.284. The Hall–Kier alpha value is -0.0400. The van der Waals surface area contributed by atoms with Crippen molar-refractivity contribution in [3.05, 3.63) is 0 Å². The van der Waals surface area contributed by atoms with Gasteiger partial charge < -0.3 is 63.4 Å². The van der Waals surface area contributed by atoms with E-state index in [2.05, 4.69) is 15.9 Å². The minimum absolute atomic E-state index is 0.000128. The summed E-state index contributed by atoms with van der Waals surface area (Å²) in [5.41, 5.74) is 0. The number of hydrogen-bond acceptors (Lipinski definition) is 13. The van der Waals surface area contributed by atoms with Crippen LogP contribution in [0.3, 0.4) is 0 Å². The molecular weight excluding hydrogens is 624 g/mol. The van der Waals surface area contributed by atoms with Gasteiger partial charge in [0, 0.05) is 7.11 Å². The third-order valence-corrected chi connectivity index (χ3v) is 6.40. The van der Waals surface area contributed by atoms with Gasteiger partial charge in [-0.15, -0.1) is 0 Å². The monoisotopic (exact) mass is 680 g/mol. The zero-order valence-electron chi connectivity index (χ0n) is 25.8. The van der Waals surface area contributed by atoms with Gasteiger partial charge in [0.15, 0.2) is 0 Å². The Morgan fingerprint density at radius 1 is 0.429 bits per heavy atom. The van der Waals surface area contributed by atoms with E-state index in [0.717, 1.165) is 0 Å². The van der Waals surface area contributed by atoms with Crippen molar-refractivity contribution in [3.63, 3.8) is 0 Å². The van der Waals surface area contributed by atoms with Gasteiger partial charge in [-0.2, -0.15) is 0 Å². The molecule has 0 spiro atoms. The normalized spacial score (nSPS) is 17.9. The molecule has 0 saturated heterocycles. The highest BCUT2D eigenvalue weighted by atomic mass is 79.9. The fourth-order valence-electron chi connectivity index (χ4n) is 3.14. The molecule has 254 valence electrons. The average Bonchev–Trinajstić information content (AvgIpc) is 2.97. The average molecular weight is 682 g/mol. The van der Waals surface area contributed by atoms with Crippen LogP contribution in [0.4, 0.5) is 0 Å². The second kappa shape index (κ2) is 28.4. The molecule has 0 bridgehead atoms. The van der Waals surface area contributed by atoms with Crippen LogP contribution in [0.2, 0.25) is 0 Å². The molecule has 5 N–H and O–H groups in total. The zero-order chi connectivity index (χ0) is 31.6. The molecule has 14 heteroatoms. The zero-order valence-corrected chi connectivity index (χ0v) is 27.4. The van der Waals surface area contributed by atoms with E-state index in [9.17, 15) is 25.5 Å². The quantitative estimate of drug-likeness (QED) is 0.0632. The summed E-state index contributed by atoms with van der Waals surface area (Å²) in [6.45, 7) is 7.49. The van der Waals surface area contributed by atoms with Gasteiger partial charge in [0.05, 0.1) is 109 Å². The van der Waals surface area contributed by atoms with Crippen molar-refractivity contribution in [3.8, 4) is 0 Å². The molecule has 0 aliphatic rings. The maximum atomic E-state index is 10.2. The van der Waals surface area contributed by atoms with E-state index in [4.69, 9.17) is 37.9 Å². The fraction of sp³-hybridized carbons (Fsp3) is 1.00. The van der Waals surface area contributed by atoms with E-state index in [-0.39, 0.29) is 77.5 Å². The molecule has 0 heterocycles. The van der Waals surface area contributed by atoms with Crippen molar-refractivity contribution >= 4 is 15.9 Å². The van der Waals surface area contributed by atoms with Crippen LogP contribution in [-0.2, 0) is 37.9 Å². The Bertz CT molecular complexity index is 580. The largest absolute Gasteiger partial charge is 0.391 e. The van der Waals surface area contributed by atoms with Crippen molar-refractivity contribution in [2.75, 3.05) is 93.0 Å². The van der Waals surface area contributed by atoms with E-state index in [1.54, 1.807) is 7.11 Å². The minimum atomic E-state index is -0.921. The molecule has 0 amide bonds. The Balaban J connectivity index is 4.71. The molecule has 0 saturated carbocycles. The van der Waals surface area contributed by atoms with E-state index in [1.807, 2.05) is 20.8 Å². The smallest absolute Gasteiger partial charge is 0.104 e. The first-order chi connectivity index (χ1) is 20.1. The van der Waals surface area contributed by atoms with Crippen molar-refractivity contribution in [1.29, 1.82) is 0 Å². The predicted molar refractivity (Wildman–Crippen MR) is 159 cm³/mol. The molecule has 8 unspecified atom stereocenters. The van der Waals surface area contributed by atoms with Gasteiger partial charge in [0.1, 0.15) is 24.4 Å². The lowest BCUT2D eigenvalue weighted by Gasteiger charge is -2.24. The summed E-state index contributed by atoms with van der Waals surface area (Å²) in [4.78, 5) is -0.0583. The SMILES string of the molecule is CCC(O)COCC(O)COCC(COC(COC)COCC(Br)COCC(O)CC)OCC(O)COCC(O)CC. The molecule has 0 fully saturated rings. The lowest BCUT2D eigenvalue weighted by molar-refractivity contribution is -0.128. The van der Waals surface area contributed by atoms with E-state index in [1.165, 1.54) is 0 Å². The number of alkyl halides is 1.